The Morgan fingerprint density at radius 2 is 2.10 bits per heavy atom. The maximum atomic E-state index is 10.9. The van der Waals surface area contributed by atoms with Gasteiger partial charge in [-0.2, -0.15) is 0 Å². The second-order valence-corrected chi connectivity index (χ2v) is 4.97. The van der Waals surface area contributed by atoms with Crippen molar-refractivity contribution in [2.45, 2.75) is 0 Å². The van der Waals surface area contributed by atoms with Gasteiger partial charge in [0.2, 0.25) is 0 Å². The van der Waals surface area contributed by atoms with E-state index in [1.54, 1.807) is 29.1 Å². The number of imidazole rings is 1. The molecule has 8 heteroatoms. The molecule has 0 aliphatic rings. The minimum atomic E-state index is -0.952. The number of hydrogen-bond donors (Lipinski definition) is 2. The average molecular weight is 287 g/mol. The maximum Gasteiger partial charge on any atom is 0.345 e. The Hall–Kier alpha value is -2.74. The summed E-state index contributed by atoms with van der Waals surface area (Å²) in [7, 11) is 0. The largest absolute Gasteiger partial charge is 0.477 e. The van der Waals surface area contributed by atoms with Crippen LogP contribution in [-0.2, 0) is 0 Å². The van der Waals surface area contributed by atoms with Crippen molar-refractivity contribution >= 4 is 23.1 Å². The molecule has 0 amide bonds. The van der Waals surface area contributed by atoms with Crippen LogP contribution in [0.25, 0.3) is 16.5 Å². The Balaban J connectivity index is 2.05. The van der Waals surface area contributed by atoms with Gasteiger partial charge < -0.3 is 10.8 Å². The number of anilines is 1. The van der Waals surface area contributed by atoms with E-state index < -0.39 is 5.97 Å². The third kappa shape index (κ3) is 2.12. The predicted octanol–water partition coefficient (Wildman–Crippen LogP) is 1.67. The van der Waals surface area contributed by atoms with Crippen LogP contribution in [0.1, 0.15) is 9.67 Å². The minimum Gasteiger partial charge on any atom is -0.477 e. The van der Waals surface area contributed by atoms with Crippen LogP contribution in [0.4, 0.5) is 5.82 Å². The molecule has 0 aliphatic carbocycles. The summed E-state index contributed by atoms with van der Waals surface area (Å²) in [5.74, 6) is 0.560. The highest BCUT2D eigenvalue weighted by molar-refractivity contribution is 7.17. The van der Waals surface area contributed by atoms with E-state index in [-0.39, 0.29) is 4.88 Å². The molecule has 0 unspecified atom stereocenters. The summed E-state index contributed by atoms with van der Waals surface area (Å²) in [5, 5.41) is 8.96. The molecule has 3 N–H and O–H groups in total. The lowest BCUT2D eigenvalue weighted by Gasteiger charge is -2.04. The molecule has 20 heavy (non-hydrogen) atoms. The monoisotopic (exact) mass is 287 g/mol. The summed E-state index contributed by atoms with van der Waals surface area (Å²) in [5.41, 5.74) is 5.50. The van der Waals surface area contributed by atoms with E-state index in [0.717, 1.165) is 16.2 Å². The first-order valence-corrected chi connectivity index (χ1v) is 6.41. The molecule has 3 aromatic heterocycles. The number of nitrogens with zero attached hydrogens (tertiary/aromatic N) is 4. The van der Waals surface area contributed by atoms with Crippen molar-refractivity contribution in [3.63, 3.8) is 0 Å². The Morgan fingerprint density at radius 1 is 1.25 bits per heavy atom. The van der Waals surface area contributed by atoms with Crippen LogP contribution >= 0.6 is 11.3 Å². The first-order chi connectivity index (χ1) is 9.65. The zero-order valence-electron chi connectivity index (χ0n) is 10.1. The third-order valence-corrected chi connectivity index (χ3v) is 3.65. The summed E-state index contributed by atoms with van der Waals surface area (Å²) in [4.78, 5) is 24.3. The van der Waals surface area contributed by atoms with E-state index in [1.165, 1.54) is 12.4 Å². The number of thiophene rings is 1. The van der Waals surface area contributed by atoms with Gasteiger partial charge in [0, 0.05) is 12.4 Å². The van der Waals surface area contributed by atoms with Crippen molar-refractivity contribution in [3.05, 3.63) is 41.8 Å². The number of aromatic carboxylic acids is 1. The SMILES string of the molecule is Nc1cnc(-n2ccnc2-c2ccc(C(=O)O)s2)cn1. The van der Waals surface area contributed by atoms with Gasteiger partial charge in [-0.15, -0.1) is 11.3 Å². The van der Waals surface area contributed by atoms with Crippen molar-refractivity contribution < 1.29 is 9.90 Å². The lowest BCUT2D eigenvalue weighted by molar-refractivity contribution is 0.0702. The molecule has 0 atom stereocenters. The Bertz CT molecular complexity index is 762. The summed E-state index contributed by atoms with van der Waals surface area (Å²) in [6.07, 6.45) is 6.34. The highest BCUT2D eigenvalue weighted by Gasteiger charge is 2.13. The molecule has 0 aliphatic heterocycles. The van der Waals surface area contributed by atoms with E-state index in [4.69, 9.17) is 10.8 Å². The van der Waals surface area contributed by atoms with Gasteiger partial charge in [-0.3, -0.25) is 4.57 Å². The van der Waals surface area contributed by atoms with Gasteiger partial charge >= 0.3 is 5.97 Å². The molecule has 3 heterocycles. The highest BCUT2D eigenvalue weighted by atomic mass is 32.1. The average Bonchev–Trinajstić information content (AvgIpc) is 3.08. The van der Waals surface area contributed by atoms with Gasteiger partial charge in [0.25, 0.3) is 0 Å². The molecule has 0 saturated heterocycles. The molecule has 0 spiro atoms. The van der Waals surface area contributed by atoms with Gasteiger partial charge in [0.15, 0.2) is 11.6 Å². The molecule has 0 saturated carbocycles. The standard InChI is InChI=1S/C12H9N5O2S/c13-9-5-16-10(6-15-9)17-4-3-14-11(17)7-1-2-8(20-7)12(18)19/h1-6H,(H2,13,15)(H,18,19). The predicted molar refractivity (Wildman–Crippen MR) is 73.8 cm³/mol. The molecular weight excluding hydrogens is 278 g/mol. The van der Waals surface area contributed by atoms with Crippen molar-refractivity contribution in [2.24, 2.45) is 0 Å². The first kappa shape index (κ1) is 12.3. The number of hydrogen-bond acceptors (Lipinski definition) is 6. The fraction of sp³-hybridized carbons (Fsp3) is 0. The maximum absolute atomic E-state index is 10.9. The van der Waals surface area contributed by atoms with Crippen molar-refractivity contribution in [2.75, 3.05) is 5.73 Å². The normalized spacial score (nSPS) is 10.6. The number of carboxylic acids is 1. The molecule has 0 radical (unpaired) electrons. The van der Waals surface area contributed by atoms with Gasteiger partial charge in [0.05, 0.1) is 17.3 Å². The van der Waals surface area contributed by atoms with Gasteiger partial charge in [0.1, 0.15) is 10.7 Å². The van der Waals surface area contributed by atoms with Crippen LogP contribution in [0.2, 0.25) is 0 Å². The van der Waals surface area contributed by atoms with Crippen molar-refractivity contribution in [1.29, 1.82) is 0 Å². The minimum absolute atomic E-state index is 0.262. The molecule has 0 fully saturated rings. The number of aromatic nitrogens is 4. The Morgan fingerprint density at radius 3 is 2.75 bits per heavy atom. The van der Waals surface area contributed by atoms with E-state index in [0.29, 0.717) is 17.5 Å². The van der Waals surface area contributed by atoms with Gasteiger partial charge in [-0.1, -0.05) is 0 Å². The molecule has 100 valence electrons. The summed E-state index contributed by atoms with van der Waals surface area (Å²) in [6.45, 7) is 0. The third-order valence-electron chi connectivity index (χ3n) is 2.58. The second kappa shape index (κ2) is 4.74. The van der Waals surface area contributed by atoms with Crippen LogP contribution < -0.4 is 5.73 Å². The Labute approximate surface area is 117 Å². The van der Waals surface area contributed by atoms with Crippen molar-refractivity contribution in [1.82, 2.24) is 19.5 Å². The lowest BCUT2D eigenvalue weighted by Crippen LogP contribution is -2.00. The summed E-state index contributed by atoms with van der Waals surface area (Å²) in [6, 6.07) is 3.27. The quantitative estimate of drug-likeness (QED) is 0.758. The molecule has 0 bridgehead atoms. The van der Waals surface area contributed by atoms with E-state index in [2.05, 4.69) is 15.0 Å². The fourth-order valence-corrected chi connectivity index (χ4v) is 2.54. The molecule has 7 nitrogen and oxygen atoms in total. The van der Waals surface area contributed by atoms with Crippen LogP contribution in [0.3, 0.4) is 0 Å². The number of nitrogens with two attached hydrogens (primary N) is 1. The topological polar surface area (TPSA) is 107 Å². The van der Waals surface area contributed by atoms with Crippen LogP contribution in [-0.4, -0.2) is 30.6 Å². The molecule has 3 aromatic rings. The Kier molecular flexibility index (Phi) is 2.92. The highest BCUT2D eigenvalue weighted by Crippen LogP contribution is 2.28. The van der Waals surface area contributed by atoms with E-state index in [1.807, 2.05) is 0 Å². The van der Waals surface area contributed by atoms with Gasteiger partial charge in [-0.25, -0.2) is 19.7 Å². The first-order valence-electron chi connectivity index (χ1n) is 5.60. The molecular formula is C12H9N5O2S. The number of carbonyl (C=O) groups is 1. The zero-order chi connectivity index (χ0) is 14.1. The number of nitrogen functional groups attached to an aromatic ring is 1. The molecule has 3 rings (SSSR count). The van der Waals surface area contributed by atoms with Gasteiger partial charge in [-0.05, 0) is 12.1 Å². The smallest absolute Gasteiger partial charge is 0.345 e. The van der Waals surface area contributed by atoms with Crippen molar-refractivity contribution in [3.8, 4) is 16.5 Å². The summed E-state index contributed by atoms with van der Waals surface area (Å²) >= 11 is 1.15. The number of rotatable bonds is 3. The second-order valence-electron chi connectivity index (χ2n) is 3.89. The zero-order valence-corrected chi connectivity index (χ0v) is 10.9. The lowest BCUT2D eigenvalue weighted by atomic mass is 10.4. The fourth-order valence-electron chi connectivity index (χ4n) is 1.70. The summed E-state index contributed by atoms with van der Waals surface area (Å²) < 4.78 is 1.73. The van der Waals surface area contributed by atoms with E-state index in [9.17, 15) is 4.79 Å². The van der Waals surface area contributed by atoms with E-state index >= 15 is 0 Å². The number of carboxylic acid groups (broad SMARTS) is 1. The van der Waals surface area contributed by atoms with Crippen LogP contribution in [0.5, 0.6) is 0 Å². The molecule has 0 aromatic carbocycles. The van der Waals surface area contributed by atoms with Crippen LogP contribution in [0.15, 0.2) is 36.9 Å². The van der Waals surface area contributed by atoms with Crippen LogP contribution in [0, 0.1) is 0 Å².